The molecule has 104 valence electrons. The molecule has 0 atom stereocenters. The zero-order valence-corrected chi connectivity index (χ0v) is 12.7. The predicted molar refractivity (Wildman–Crippen MR) is 83.2 cm³/mol. The molecule has 0 bridgehead atoms. The van der Waals surface area contributed by atoms with Crippen molar-refractivity contribution < 1.29 is 4.74 Å². The van der Waals surface area contributed by atoms with Gasteiger partial charge in [-0.2, -0.15) is 0 Å². The first-order valence-corrected chi connectivity index (χ1v) is 7.54. The van der Waals surface area contributed by atoms with E-state index < -0.39 is 0 Å². The van der Waals surface area contributed by atoms with E-state index in [0.717, 1.165) is 39.3 Å². The van der Waals surface area contributed by atoms with Crippen LogP contribution >= 0.6 is 15.9 Å². The van der Waals surface area contributed by atoms with Crippen molar-refractivity contribution in [1.29, 1.82) is 0 Å². The number of ether oxygens (including phenoxy) is 1. The van der Waals surface area contributed by atoms with Crippen molar-refractivity contribution in [2.75, 3.05) is 39.4 Å². The maximum atomic E-state index is 5.46. The lowest BCUT2D eigenvalue weighted by Crippen LogP contribution is -2.37. The van der Waals surface area contributed by atoms with E-state index in [0.29, 0.717) is 6.54 Å². The van der Waals surface area contributed by atoms with Crippen molar-refractivity contribution in [2.24, 2.45) is 5.73 Å². The summed E-state index contributed by atoms with van der Waals surface area (Å²) in [5.74, 6) is 0. The van der Waals surface area contributed by atoms with E-state index in [4.69, 9.17) is 10.5 Å². The van der Waals surface area contributed by atoms with Gasteiger partial charge in [-0.3, -0.25) is 4.90 Å². The first-order chi connectivity index (χ1) is 9.29. The van der Waals surface area contributed by atoms with E-state index in [1.165, 1.54) is 15.6 Å². The average Bonchev–Trinajstić information content (AvgIpc) is 2.45. The van der Waals surface area contributed by atoms with Crippen molar-refractivity contribution in [3.05, 3.63) is 39.9 Å². The number of halogens is 1. The Kier molecular flexibility index (Phi) is 6.04. The van der Waals surface area contributed by atoms with Gasteiger partial charge in [0.25, 0.3) is 0 Å². The molecule has 1 fully saturated rings. The smallest absolute Gasteiger partial charge is 0.0594 e. The molecule has 1 heterocycles. The monoisotopic (exact) mass is 324 g/mol. The van der Waals surface area contributed by atoms with Crippen LogP contribution in [0.15, 0.2) is 28.7 Å². The van der Waals surface area contributed by atoms with Crippen LogP contribution in [0.1, 0.15) is 11.1 Å². The first kappa shape index (κ1) is 14.7. The molecule has 1 aromatic rings. The summed E-state index contributed by atoms with van der Waals surface area (Å²) in [6.45, 7) is 5.51. The highest BCUT2D eigenvalue weighted by molar-refractivity contribution is 9.10. The second-order valence-electron chi connectivity index (χ2n) is 4.69. The summed E-state index contributed by atoms with van der Waals surface area (Å²) in [6, 6.07) is 6.49. The molecule has 0 radical (unpaired) electrons. The van der Waals surface area contributed by atoms with Crippen LogP contribution in [0.3, 0.4) is 0 Å². The van der Waals surface area contributed by atoms with Crippen LogP contribution in [0, 0.1) is 0 Å². The van der Waals surface area contributed by atoms with Gasteiger partial charge in [-0.25, -0.2) is 0 Å². The van der Waals surface area contributed by atoms with E-state index in [1.54, 1.807) is 0 Å². The van der Waals surface area contributed by atoms with E-state index >= 15 is 0 Å². The van der Waals surface area contributed by atoms with E-state index in [-0.39, 0.29) is 0 Å². The third-order valence-corrected chi connectivity index (χ3v) is 4.06. The molecule has 19 heavy (non-hydrogen) atoms. The highest BCUT2D eigenvalue weighted by Crippen LogP contribution is 2.20. The van der Waals surface area contributed by atoms with Gasteiger partial charge < -0.3 is 10.5 Å². The summed E-state index contributed by atoms with van der Waals surface area (Å²) in [5.41, 5.74) is 8.01. The molecule has 4 heteroatoms. The largest absolute Gasteiger partial charge is 0.379 e. The lowest BCUT2D eigenvalue weighted by molar-refractivity contribution is 0.0384. The average molecular weight is 325 g/mol. The number of nitrogens with zero attached hydrogens (tertiary/aromatic N) is 1. The molecule has 1 saturated heterocycles. The Hall–Kier alpha value is -0.680. The normalized spacial score (nSPS) is 17.2. The lowest BCUT2D eigenvalue weighted by atomic mass is 10.1. The molecule has 3 nitrogen and oxygen atoms in total. The summed E-state index contributed by atoms with van der Waals surface area (Å²) >= 11 is 3.66. The van der Waals surface area contributed by atoms with Crippen molar-refractivity contribution >= 4 is 22.0 Å². The van der Waals surface area contributed by atoms with Gasteiger partial charge in [0, 0.05) is 30.7 Å². The predicted octanol–water partition coefficient (Wildman–Crippen LogP) is 2.30. The Morgan fingerprint density at radius 3 is 2.79 bits per heavy atom. The minimum absolute atomic E-state index is 0.580. The van der Waals surface area contributed by atoms with Gasteiger partial charge in [0.15, 0.2) is 0 Å². The van der Waals surface area contributed by atoms with Crippen LogP contribution < -0.4 is 5.73 Å². The molecule has 0 amide bonds. The highest BCUT2D eigenvalue weighted by atomic mass is 79.9. The topological polar surface area (TPSA) is 38.5 Å². The van der Waals surface area contributed by atoms with Crippen molar-refractivity contribution in [2.45, 2.75) is 6.42 Å². The molecular weight excluding hydrogens is 304 g/mol. The summed E-state index contributed by atoms with van der Waals surface area (Å²) in [4.78, 5) is 2.46. The lowest BCUT2D eigenvalue weighted by Gasteiger charge is -2.26. The molecular formula is C15H21BrN2O. The van der Waals surface area contributed by atoms with Gasteiger partial charge in [-0.15, -0.1) is 0 Å². The molecule has 0 saturated carbocycles. The highest BCUT2D eigenvalue weighted by Gasteiger charge is 2.10. The van der Waals surface area contributed by atoms with Gasteiger partial charge >= 0.3 is 0 Å². The van der Waals surface area contributed by atoms with Gasteiger partial charge in [-0.1, -0.05) is 40.2 Å². The van der Waals surface area contributed by atoms with Crippen molar-refractivity contribution in [3.8, 4) is 0 Å². The third kappa shape index (κ3) is 4.73. The maximum Gasteiger partial charge on any atom is 0.0594 e. The Morgan fingerprint density at radius 1 is 1.32 bits per heavy atom. The minimum atomic E-state index is 0.580. The molecule has 0 aliphatic carbocycles. The second-order valence-corrected chi connectivity index (χ2v) is 5.55. The van der Waals surface area contributed by atoms with Crippen LogP contribution in [-0.4, -0.2) is 44.3 Å². The summed E-state index contributed by atoms with van der Waals surface area (Å²) < 4.78 is 6.54. The molecule has 2 N–H and O–H groups in total. The van der Waals surface area contributed by atoms with Gasteiger partial charge in [0.05, 0.1) is 13.2 Å². The number of nitrogens with two attached hydrogens (primary N) is 1. The van der Waals surface area contributed by atoms with E-state index in [9.17, 15) is 0 Å². The van der Waals surface area contributed by atoms with E-state index in [1.807, 2.05) is 6.08 Å². The Morgan fingerprint density at radius 2 is 2.11 bits per heavy atom. The fraction of sp³-hybridized carbons (Fsp3) is 0.467. The molecule has 1 aliphatic rings. The fourth-order valence-corrected chi connectivity index (χ4v) is 2.77. The van der Waals surface area contributed by atoms with Crippen LogP contribution in [0.5, 0.6) is 0 Å². The maximum absolute atomic E-state index is 5.46. The quantitative estimate of drug-likeness (QED) is 0.903. The molecule has 0 spiro atoms. The standard InChI is InChI=1S/C15H21BrN2O/c16-15-12-13(2-1-6-17)3-4-14(15)5-7-18-8-10-19-11-9-18/h1-4,12H,5-11,17H2/b2-1+. The van der Waals surface area contributed by atoms with Crippen LogP contribution in [-0.2, 0) is 11.2 Å². The zero-order chi connectivity index (χ0) is 13.5. The van der Waals surface area contributed by atoms with Gasteiger partial charge in [0.2, 0.25) is 0 Å². The Bertz CT molecular complexity index is 428. The van der Waals surface area contributed by atoms with Crippen molar-refractivity contribution in [3.63, 3.8) is 0 Å². The summed E-state index contributed by atoms with van der Waals surface area (Å²) in [5, 5.41) is 0. The zero-order valence-electron chi connectivity index (χ0n) is 11.1. The first-order valence-electron chi connectivity index (χ1n) is 6.75. The van der Waals surface area contributed by atoms with Gasteiger partial charge in [0.1, 0.15) is 0 Å². The summed E-state index contributed by atoms with van der Waals surface area (Å²) in [7, 11) is 0. The SMILES string of the molecule is NC/C=C/c1ccc(CCN2CCOCC2)c(Br)c1. The fourth-order valence-electron chi connectivity index (χ4n) is 2.18. The van der Waals surface area contributed by atoms with Crippen LogP contribution in [0.4, 0.5) is 0 Å². The van der Waals surface area contributed by atoms with Crippen LogP contribution in [0.2, 0.25) is 0 Å². The summed E-state index contributed by atoms with van der Waals surface area (Å²) in [6.07, 6.45) is 5.09. The number of rotatable bonds is 5. The number of hydrogen-bond acceptors (Lipinski definition) is 3. The molecule has 1 aromatic carbocycles. The molecule has 0 aromatic heterocycles. The molecule has 1 aliphatic heterocycles. The van der Waals surface area contributed by atoms with Gasteiger partial charge in [-0.05, 0) is 23.6 Å². The van der Waals surface area contributed by atoms with Crippen molar-refractivity contribution in [1.82, 2.24) is 4.90 Å². The van der Waals surface area contributed by atoms with Crippen LogP contribution in [0.25, 0.3) is 6.08 Å². The molecule has 2 rings (SSSR count). The number of hydrogen-bond donors (Lipinski definition) is 1. The number of morpholine rings is 1. The Balaban J connectivity index is 1.91. The minimum Gasteiger partial charge on any atom is -0.379 e. The Labute approximate surface area is 123 Å². The third-order valence-electron chi connectivity index (χ3n) is 3.32. The molecule has 0 unspecified atom stereocenters. The number of benzene rings is 1. The second kappa shape index (κ2) is 7.80. The van der Waals surface area contributed by atoms with E-state index in [2.05, 4.69) is 45.1 Å².